The Hall–Kier alpha value is -2.98. The van der Waals surface area contributed by atoms with Gasteiger partial charge in [0.1, 0.15) is 25.1 Å². The van der Waals surface area contributed by atoms with Gasteiger partial charge in [-0.05, 0) is 36.1 Å². The van der Waals surface area contributed by atoms with Crippen LogP contribution in [-0.4, -0.2) is 25.9 Å². The molecule has 0 aromatic heterocycles. The van der Waals surface area contributed by atoms with Gasteiger partial charge in [-0.3, -0.25) is 0 Å². The van der Waals surface area contributed by atoms with E-state index in [4.69, 9.17) is 18.9 Å². The Kier molecular flexibility index (Phi) is 6.66. The van der Waals surface area contributed by atoms with Crippen molar-refractivity contribution in [2.75, 3.05) is 19.8 Å². The second-order valence-electron chi connectivity index (χ2n) is 7.09. The van der Waals surface area contributed by atoms with E-state index in [1.165, 1.54) is 5.56 Å². The molecule has 0 amide bonds. The fourth-order valence-corrected chi connectivity index (χ4v) is 3.00. The lowest BCUT2D eigenvalue weighted by molar-refractivity contribution is 0.248. The van der Waals surface area contributed by atoms with Gasteiger partial charge in [0.25, 0.3) is 0 Å². The van der Waals surface area contributed by atoms with E-state index in [1.54, 1.807) is 0 Å². The predicted octanol–water partition coefficient (Wildman–Crippen LogP) is 5.05. The van der Waals surface area contributed by atoms with Crippen molar-refractivity contribution in [1.29, 1.82) is 0 Å². The summed E-state index contributed by atoms with van der Waals surface area (Å²) >= 11 is 0. The van der Waals surface area contributed by atoms with Crippen molar-refractivity contribution in [2.24, 2.45) is 0 Å². The Balaban J connectivity index is 1.37. The Morgan fingerprint density at radius 1 is 0.759 bits per heavy atom. The second kappa shape index (κ2) is 9.99. The third-order valence-electron chi connectivity index (χ3n) is 4.70. The average Bonchev–Trinajstić information content (AvgIpc) is 3.60. The van der Waals surface area contributed by atoms with E-state index in [0.29, 0.717) is 25.6 Å². The van der Waals surface area contributed by atoms with Crippen molar-refractivity contribution in [3.8, 4) is 17.2 Å². The van der Waals surface area contributed by atoms with Crippen molar-refractivity contribution in [2.45, 2.75) is 25.6 Å². The molecule has 0 spiro atoms. The van der Waals surface area contributed by atoms with Crippen LogP contribution in [0.5, 0.6) is 17.2 Å². The normalized spacial score (nSPS) is 15.0. The van der Waals surface area contributed by atoms with Crippen molar-refractivity contribution < 1.29 is 18.9 Å². The summed E-state index contributed by atoms with van der Waals surface area (Å²) < 4.78 is 23.1. The van der Waals surface area contributed by atoms with Gasteiger partial charge in [-0.1, -0.05) is 60.7 Å². The first kappa shape index (κ1) is 19.3. The highest BCUT2D eigenvalue weighted by atomic mass is 16.6. The molecule has 150 valence electrons. The van der Waals surface area contributed by atoms with Crippen LogP contribution in [-0.2, 0) is 17.8 Å². The SMILES string of the molecule is c1ccc(CCCOc2cc(OCC3CO3)ccc2OCc2ccccc2)cc1. The molecule has 0 bridgehead atoms. The summed E-state index contributed by atoms with van der Waals surface area (Å²) in [5, 5.41) is 0. The van der Waals surface area contributed by atoms with Gasteiger partial charge in [-0.2, -0.15) is 0 Å². The molecule has 1 aliphatic rings. The van der Waals surface area contributed by atoms with Crippen LogP contribution in [0.4, 0.5) is 0 Å². The van der Waals surface area contributed by atoms with E-state index in [2.05, 4.69) is 24.3 Å². The van der Waals surface area contributed by atoms with E-state index >= 15 is 0 Å². The van der Waals surface area contributed by atoms with Crippen molar-refractivity contribution in [1.82, 2.24) is 0 Å². The summed E-state index contributed by atoms with van der Waals surface area (Å²) in [5.41, 5.74) is 2.44. The van der Waals surface area contributed by atoms with Crippen LogP contribution in [0.15, 0.2) is 78.9 Å². The highest BCUT2D eigenvalue weighted by Gasteiger charge is 2.23. The van der Waals surface area contributed by atoms with Gasteiger partial charge >= 0.3 is 0 Å². The monoisotopic (exact) mass is 390 g/mol. The lowest BCUT2D eigenvalue weighted by Crippen LogP contribution is -2.06. The van der Waals surface area contributed by atoms with Crippen LogP contribution in [0.1, 0.15) is 17.5 Å². The van der Waals surface area contributed by atoms with Crippen LogP contribution in [0, 0.1) is 0 Å². The fraction of sp³-hybridized carbons (Fsp3) is 0.280. The molecule has 3 aromatic rings. The molecular weight excluding hydrogens is 364 g/mol. The Bertz CT molecular complexity index is 876. The summed E-state index contributed by atoms with van der Waals surface area (Å²) in [6, 6.07) is 26.3. The first-order valence-electron chi connectivity index (χ1n) is 10.1. The van der Waals surface area contributed by atoms with E-state index in [0.717, 1.165) is 36.5 Å². The first-order valence-corrected chi connectivity index (χ1v) is 10.1. The molecule has 29 heavy (non-hydrogen) atoms. The summed E-state index contributed by atoms with van der Waals surface area (Å²) in [4.78, 5) is 0. The molecule has 3 aromatic carbocycles. The maximum atomic E-state index is 6.07. The van der Waals surface area contributed by atoms with Gasteiger partial charge in [-0.25, -0.2) is 0 Å². The zero-order valence-corrected chi connectivity index (χ0v) is 16.5. The fourth-order valence-electron chi connectivity index (χ4n) is 3.00. The number of ether oxygens (including phenoxy) is 4. The minimum Gasteiger partial charge on any atom is -0.491 e. The van der Waals surface area contributed by atoms with Crippen LogP contribution in [0.2, 0.25) is 0 Å². The van der Waals surface area contributed by atoms with Gasteiger partial charge in [0.05, 0.1) is 13.2 Å². The summed E-state index contributed by atoms with van der Waals surface area (Å²) in [7, 11) is 0. The Labute approximate surface area is 172 Å². The molecule has 1 saturated heterocycles. The van der Waals surface area contributed by atoms with E-state index < -0.39 is 0 Å². The van der Waals surface area contributed by atoms with Crippen LogP contribution in [0.25, 0.3) is 0 Å². The first-order chi connectivity index (χ1) is 14.4. The molecular formula is C25H26O4. The molecule has 1 atom stereocenters. The molecule has 0 radical (unpaired) electrons. The molecule has 4 nitrogen and oxygen atoms in total. The zero-order chi connectivity index (χ0) is 19.7. The molecule has 0 saturated carbocycles. The zero-order valence-electron chi connectivity index (χ0n) is 16.5. The molecule has 4 rings (SSSR count). The quantitative estimate of drug-likeness (QED) is 0.339. The van der Waals surface area contributed by atoms with E-state index in [9.17, 15) is 0 Å². The van der Waals surface area contributed by atoms with Gasteiger partial charge in [0.15, 0.2) is 11.5 Å². The summed E-state index contributed by atoms with van der Waals surface area (Å²) in [6.45, 7) is 2.46. The third kappa shape index (κ3) is 6.26. The van der Waals surface area contributed by atoms with Gasteiger partial charge in [-0.15, -0.1) is 0 Å². The maximum Gasteiger partial charge on any atom is 0.164 e. The van der Waals surface area contributed by atoms with Crippen LogP contribution >= 0.6 is 0 Å². The highest BCUT2D eigenvalue weighted by molar-refractivity contribution is 5.45. The number of hydrogen-bond donors (Lipinski definition) is 0. The molecule has 1 aliphatic heterocycles. The Morgan fingerprint density at radius 3 is 2.21 bits per heavy atom. The number of rotatable bonds is 11. The van der Waals surface area contributed by atoms with Gasteiger partial charge in [0.2, 0.25) is 0 Å². The molecule has 0 aliphatic carbocycles. The smallest absolute Gasteiger partial charge is 0.164 e. The summed E-state index contributed by atoms with van der Waals surface area (Å²) in [6.07, 6.45) is 2.14. The average molecular weight is 390 g/mol. The van der Waals surface area contributed by atoms with E-state index in [-0.39, 0.29) is 6.10 Å². The lowest BCUT2D eigenvalue weighted by atomic mass is 10.1. The standard InChI is InChI=1S/C25H26O4/c1-3-8-20(9-4-1)12-7-15-26-25-16-22(27-18-23-19-28-23)13-14-24(25)29-17-21-10-5-2-6-11-21/h1-6,8-11,13-14,16,23H,7,12,15,17-19H2. The Morgan fingerprint density at radius 2 is 1.48 bits per heavy atom. The van der Waals surface area contributed by atoms with E-state index in [1.807, 2.05) is 54.6 Å². The number of aryl methyl sites for hydroxylation is 1. The predicted molar refractivity (Wildman–Crippen MR) is 113 cm³/mol. The number of epoxide rings is 1. The maximum absolute atomic E-state index is 6.07. The van der Waals surface area contributed by atoms with Gasteiger partial charge < -0.3 is 18.9 Å². The van der Waals surface area contributed by atoms with Crippen LogP contribution in [0.3, 0.4) is 0 Å². The van der Waals surface area contributed by atoms with Crippen molar-refractivity contribution in [3.05, 3.63) is 90.0 Å². The minimum atomic E-state index is 0.222. The van der Waals surface area contributed by atoms with Gasteiger partial charge in [0, 0.05) is 6.07 Å². The third-order valence-corrected chi connectivity index (χ3v) is 4.70. The largest absolute Gasteiger partial charge is 0.491 e. The van der Waals surface area contributed by atoms with Crippen molar-refractivity contribution >= 4 is 0 Å². The van der Waals surface area contributed by atoms with Crippen molar-refractivity contribution in [3.63, 3.8) is 0 Å². The molecule has 4 heteroatoms. The highest BCUT2D eigenvalue weighted by Crippen LogP contribution is 2.33. The molecule has 1 fully saturated rings. The molecule has 1 heterocycles. The number of hydrogen-bond acceptors (Lipinski definition) is 4. The summed E-state index contributed by atoms with van der Waals surface area (Å²) in [5.74, 6) is 2.21. The minimum absolute atomic E-state index is 0.222. The molecule has 1 unspecified atom stereocenters. The lowest BCUT2D eigenvalue weighted by Gasteiger charge is -2.15. The second-order valence-corrected chi connectivity index (χ2v) is 7.09. The van der Waals surface area contributed by atoms with Crippen LogP contribution < -0.4 is 14.2 Å². The number of benzene rings is 3. The topological polar surface area (TPSA) is 40.2 Å². The molecule has 0 N–H and O–H groups in total.